The lowest BCUT2D eigenvalue weighted by atomic mass is 10.1. The average Bonchev–Trinajstić information content (AvgIpc) is 2.81. The van der Waals surface area contributed by atoms with Crippen LogP contribution >= 0.6 is 11.6 Å². The SMILES string of the molecule is CC(C)c1cc(Cl)nc(-c2coc3ccccc23)n1. The zero-order chi connectivity index (χ0) is 13.4. The Bertz CT molecular complexity index is 734. The summed E-state index contributed by atoms with van der Waals surface area (Å²) in [6, 6.07) is 9.63. The van der Waals surface area contributed by atoms with Crippen molar-refractivity contribution >= 4 is 22.6 Å². The molecule has 96 valence electrons. The number of hydrogen-bond acceptors (Lipinski definition) is 3. The highest BCUT2D eigenvalue weighted by molar-refractivity contribution is 6.29. The van der Waals surface area contributed by atoms with Crippen LogP contribution < -0.4 is 0 Å². The summed E-state index contributed by atoms with van der Waals surface area (Å²) >= 11 is 6.08. The van der Waals surface area contributed by atoms with Crippen molar-refractivity contribution in [3.8, 4) is 11.4 Å². The van der Waals surface area contributed by atoms with Gasteiger partial charge in [-0.3, -0.25) is 0 Å². The first-order valence-electron chi connectivity index (χ1n) is 6.16. The second kappa shape index (κ2) is 4.67. The van der Waals surface area contributed by atoms with Gasteiger partial charge in [-0.15, -0.1) is 0 Å². The van der Waals surface area contributed by atoms with E-state index in [2.05, 4.69) is 23.8 Å². The van der Waals surface area contributed by atoms with E-state index in [4.69, 9.17) is 16.0 Å². The molecule has 0 saturated heterocycles. The fraction of sp³-hybridized carbons (Fsp3) is 0.200. The number of rotatable bonds is 2. The summed E-state index contributed by atoms with van der Waals surface area (Å²) in [5, 5.41) is 1.46. The Kier molecular flexibility index (Phi) is 2.99. The van der Waals surface area contributed by atoms with Crippen LogP contribution in [-0.4, -0.2) is 9.97 Å². The Balaban J connectivity index is 2.21. The van der Waals surface area contributed by atoms with Gasteiger partial charge in [-0.25, -0.2) is 9.97 Å². The van der Waals surface area contributed by atoms with Crippen molar-refractivity contribution < 1.29 is 4.42 Å². The Hall–Kier alpha value is -1.87. The van der Waals surface area contributed by atoms with Crippen molar-refractivity contribution in [3.63, 3.8) is 0 Å². The highest BCUT2D eigenvalue weighted by atomic mass is 35.5. The Morgan fingerprint density at radius 2 is 1.95 bits per heavy atom. The second-order valence-corrected chi connectivity index (χ2v) is 5.13. The minimum Gasteiger partial charge on any atom is -0.464 e. The van der Waals surface area contributed by atoms with E-state index in [-0.39, 0.29) is 0 Å². The van der Waals surface area contributed by atoms with Crippen molar-refractivity contribution in [2.75, 3.05) is 0 Å². The molecule has 0 unspecified atom stereocenters. The third-order valence-corrected chi connectivity index (χ3v) is 3.22. The molecule has 1 aromatic carbocycles. The van der Waals surface area contributed by atoms with Crippen LogP contribution in [0.3, 0.4) is 0 Å². The minimum absolute atomic E-state index is 0.303. The van der Waals surface area contributed by atoms with E-state index in [1.165, 1.54) is 0 Å². The van der Waals surface area contributed by atoms with E-state index in [0.717, 1.165) is 22.2 Å². The number of hydrogen-bond donors (Lipinski definition) is 0. The summed E-state index contributed by atoms with van der Waals surface area (Å²) in [4.78, 5) is 8.87. The van der Waals surface area contributed by atoms with Gasteiger partial charge in [0.05, 0.1) is 5.56 Å². The van der Waals surface area contributed by atoms with Gasteiger partial charge in [0, 0.05) is 11.1 Å². The predicted octanol–water partition coefficient (Wildman–Crippen LogP) is 4.67. The maximum atomic E-state index is 6.08. The number of halogens is 1. The van der Waals surface area contributed by atoms with Crippen LogP contribution in [0.4, 0.5) is 0 Å². The molecule has 3 rings (SSSR count). The van der Waals surface area contributed by atoms with Crippen molar-refractivity contribution in [2.24, 2.45) is 0 Å². The van der Waals surface area contributed by atoms with Gasteiger partial charge in [0.1, 0.15) is 17.0 Å². The molecular formula is C15H13ClN2O. The molecule has 0 spiro atoms. The molecule has 0 radical (unpaired) electrons. The quantitative estimate of drug-likeness (QED) is 0.637. The molecule has 0 aliphatic rings. The zero-order valence-corrected chi connectivity index (χ0v) is 11.5. The molecule has 0 aliphatic heterocycles. The molecule has 0 atom stereocenters. The van der Waals surface area contributed by atoms with Gasteiger partial charge in [0.2, 0.25) is 0 Å². The molecule has 4 heteroatoms. The van der Waals surface area contributed by atoms with Crippen LogP contribution in [0.2, 0.25) is 5.15 Å². The zero-order valence-electron chi connectivity index (χ0n) is 10.7. The molecule has 0 N–H and O–H groups in total. The first-order valence-corrected chi connectivity index (χ1v) is 6.54. The van der Waals surface area contributed by atoms with E-state index in [9.17, 15) is 0 Å². The molecule has 0 aliphatic carbocycles. The third-order valence-electron chi connectivity index (χ3n) is 3.03. The Morgan fingerprint density at radius 3 is 2.74 bits per heavy atom. The number of furan rings is 1. The van der Waals surface area contributed by atoms with E-state index < -0.39 is 0 Å². The first-order chi connectivity index (χ1) is 9.15. The average molecular weight is 273 g/mol. The van der Waals surface area contributed by atoms with Crippen molar-refractivity contribution in [1.29, 1.82) is 0 Å². The van der Waals surface area contributed by atoms with Gasteiger partial charge in [-0.1, -0.05) is 43.6 Å². The number of aromatic nitrogens is 2. The summed E-state index contributed by atoms with van der Waals surface area (Å²) in [7, 11) is 0. The molecule has 0 saturated carbocycles. The molecule has 2 aromatic heterocycles. The number of para-hydroxylation sites is 1. The van der Waals surface area contributed by atoms with Crippen LogP contribution in [0.1, 0.15) is 25.5 Å². The lowest BCUT2D eigenvalue weighted by Crippen LogP contribution is -1.97. The molecular weight excluding hydrogens is 260 g/mol. The fourth-order valence-electron chi connectivity index (χ4n) is 2.00. The smallest absolute Gasteiger partial charge is 0.164 e. The minimum atomic E-state index is 0.303. The van der Waals surface area contributed by atoms with Gasteiger partial charge >= 0.3 is 0 Å². The highest BCUT2D eigenvalue weighted by Crippen LogP contribution is 2.29. The van der Waals surface area contributed by atoms with Crippen LogP contribution in [-0.2, 0) is 0 Å². The fourth-order valence-corrected chi connectivity index (χ4v) is 2.19. The lowest BCUT2D eigenvalue weighted by molar-refractivity contribution is 0.616. The van der Waals surface area contributed by atoms with Gasteiger partial charge < -0.3 is 4.42 Å². The molecule has 3 aromatic rings. The summed E-state index contributed by atoms with van der Waals surface area (Å²) in [6.07, 6.45) is 1.68. The van der Waals surface area contributed by atoms with Gasteiger partial charge in [-0.2, -0.15) is 0 Å². The monoisotopic (exact) mass is 272 g/mol. The molecule has 3 nitrogen and oxygen atoms in total. The lowest BCUT2D eigenvalue weighted by Gasteiger charge is -2.06. The Labute approximate surface area is 116 Å². The molecule has 2 heterocycles. The largest absolute Gasteiger partial charge is 0.464 e. The molecule has 19 heavy (non-hydrogen) atoms. The molecule has 0 amide bonds. The van der Waals surface area contributed by atoms with Crippen molar-refractivity contribution in [3.05, 3.63) is 47.4 Å². The van der Waals surface area contributed by atoms with Gasteiger partial charge in [-0.05, 0) is 18.1 Å². The van der Waals surface area contributed by atoms with Gasteiger partial charge in [0.25, 0.3) is 0 Å². The third kappa shape index (κ3) is 2.22. The number of benzene rings is 1. The topological polar surface area (TPSA) is 38.9 Å². The van der Waals surface area contributed by atoms with Crippen molar-refractivity contribution in [1.82, 2.24) is 9.97 Å². The van der Waals surface area contributed by atoms with Gasteiger partial charge in [0.15, 0.2) is 5.82 Å². The maximum absolute atomic E-state index is 6.08. The van der Waals surface area contributed by atoms with E-state index in [1.807, 2.05) is 24.3 Å². The van der Waals surface area contributed by atoms with Crippen LogP contribution in [0.15, 0.2) is 41.0 Å². The number of nitrogens with zero attached hydrogens (tertiary/aromatic N) is 2. The van der Waals surface area contributed by atoms with Crippen LogP contribution in [0.25, 0.3) is 22.4 Å². The van der Waals surface area contributed by atoms with E-state index in [1.54, 1.807) is 12.3 Å². The normalized spacial score (nSPS) is 11.4. The summed E-state index contributed by atoms with van der Waals surface area (Å²) in [5.74, 6) is 0.915. The van der Waals surface area contributed by atoms with Crippen LogP contribution in [0.5, 0.6) is 0 Å². The predicted molar refractivity (Wildman–Crippen MR) is 76.3 cm³/mol. The summed E-state index contributed by atoms with van der Waals surface area (Å²) in [5.41, 5.74) is 2.63. The second-order valence-electron chi connectivity index (χ2n) is 4.74. The summed E-state index contributed by atoms with van der Waals surface area (Å²) < 4.78 is 5.52. The van der Waals surface area contributed by atoms with E-state index >= 15 is 0 Å². The molecule has 0 bridgehead atoms. The van der Waals surface area contributed by atoms with Crippen LogP contribution in [0, 0.1) is 0 Å². The first kappa shape index (κ1) is 12.2. The number of fused-ring (bicyclic) bond motifs is 1. The summed E-state index contributed by atoms with van der Waals surface area (Å²) in [6.45, 7) is 4.16. The van der Waals surface area contributed by atoms with Crippen molar-refractivity contribution in [2.45, 2.75) is 19.8 Å². The Morgan fingerprint density at radius 1 is 1.16 bits per heavy atom. The molecule has 0 fully saturated rings. The highest BCUT2D eigenvalue weighted by Gasteiger charge is 2.13. The standard InChI is InChI=1S/C15H13ClN2O/c1-9(2)12-7-14(16)18-15(17-12)11-8-19-13-6-4-3-5-10(11)13/h3-9H,1-2H3. The van der Waals surface area contributed by atoms with E-state index in [0.29, 0.717) is 16.9 Å². The maximum Gasteiger partial charge on any atom is 0.164 e.